The van der Waals surface area contributed by atoms with Crippen LogP contribution in [0.3, 0.4) is 0 Å². The summed E-state index contributed by atoms with van der Waals surface area (Å²) < 4.78 is 0. The van der Waals surface area contributed by atoms with Gasteiger partial charge in [-0.3, -0.25) is 9.59 Å². The lowest BCUT2D eigenvalue weighted by atomic mass is 9.69. The number of nitrogens with zero attached hydrogens (tertiary/aromatic N) is 3. The molecule has 1 N–H and O–H groups in total. The largest absolute Gasteiger partial charge is 0.313 e. The van der Waals surface area contributed by atoms with Gasteiger partial charge in [-0.1, -0.05) is 0 Å². The van der Waals surface area contributed by atoms with Crippen molar-refractivity contribution in [2.45, 2.75) is 95.8 Å². The lowest BCUT2D eigenvalue weighted by molar-refractivity contribution is -0.252. The van der Waals surface area contributed by atoms with E-state index >= 15 is 0 Å². The smallest absolute Gasteiger partial charge is 0.137 e. The molecule has 2 fully saturated rings. The van der Waals surface area contributed by atoms with Crippen LogP contribution in [0.1, 0.15) is 73.6 Å². The molecule has 0 aromatic rings. The van der Waals surface area contributed by atoms with Crippen LogP contribution in [0.4, 0.5) is 0 Å². The molecular formula is C17H29N3O4. The summed E-state index contributed by atoms with van der Waals surface area (Å²) in [6.45, 7) is 10.9. The van der Waals surface area contributed by atoms with Crippen LogP contribution in [-0.4, -0.2) is 49.0 Å². The molecule has 136 valence electrons. The molecule has 2 unspecified atom stereocenters. The highest BCUT2D eigenvalue weighted by Gasteiger charge is 2.55. The van der Waals surface area contributed by atoms with Crippen LogP contribution in [0, 0.1) is 4.91 Å². The van der Waals surface area contributed by atoms with Crippen molar-refractivity contribution in [2.24, 2.45) is 5.29 Å². The molecule has 7 heteroatoms. The number of carbonyl (C=O) groups is 2. The second-order valence-corrected chi connectivity index (χ2v) is 9.29. The number of hydrogen-bond donors (Lipinski definition) is 1. The minimum absolute atomic E-state index is 0.0666. The van der Waals surface area contributed by atoms with E-state index in [0.29, 0.717) is 6.42 Å². The molecule has 0 aromatic heterocycles. The monoisotopic (exact) mass is 339 g/mol. The summed E-state index contributed by atoms with van der Waals surface area (Å²) in [6, 6.07) is 0. The van der Waals surface area contributed by atoms with E-state index in [9.17, 15) is 19.7 Å². The summed E-state index contributed by atoms with van der Waals surface area (Å²) in [5.41, 5.74) is -3.07. The molecule has 24 heavy (non-hydrogen) atoms. The zero-order valence-electron chi connectivity index (χ0n) is 15.5. The molecule has 2 rings (SSSR count). The van der Waals surface area contributed by atoms with Crippen molar-refractivity contribution in [2.75, 3.05) is 0 Å². The van der Waals surface area contributed by atoms with E-state index in [-0.39, 0.29) is 37.2 Å². The highest BCUT2D eigenvalue weighted by atomic mass is 16.5. The molecule has 0 spiro atoms. The molecule has 2 saturated heterocycles. The van der Waals surface area contributed by atoms with Crippen molar-refractivity contribution in [3.63, 3.8) is 0 Å². The fourth-order valence-corrected chi connectivity index (χ4v) is 5.00. The minimum Gasteiger partial charge on any atom is -0.313 e. The van der Waals surface area contributed by atoms with E-state index in [1.165, 1.54) is 10.1 Å². The molecule has 2 aliphatic rings. The van der Waals surface area contributed by atoms with Gasteiger partial charge in [0.05, 0.1) is 21.9 Å². The number of hydrogen-bond acceptors (Lipinski definition) is 6. The first-order chi connectivity index (χ1) is 10.8. The highest BCUT2D eigenvalue weighted by Crippen LogP contribution is 2.46. The van der Waals surface area contributed by atoms with E-state index in [0.717, 1.165) is 0 Å². The maximum absolute atomic E-state index is 12.3. The van der Waals surface area contributed by atoms with Gasteiger partial charge in [-0.15, -0.1) is 4.91 Å². The normalized spacial score (nSPS) is 36.7. The van der Waals surface area contributed by atoms with Gasteiger partial charge in [0, 0.05) is 31.2 Å². The fourth-order valence-electron chi connectivity index (χ4n) is 5.00. The predicted octanol–water partition coefficient (Wildman–Crippen LogP) is 2.85. The Balaban J connectivity index is 2.40. The van der Waals surface area contributed by atoms with Crippen LogP contribution in [-0.2, 0) is 9.59 Å². The standard InChI is InChI=1S/C17H29N3O4/c1-14(2)7-12(21)9-16(5,19(14)18-23)11-17(6)10-13(22)8-15(3,4)20(17)24/h24H,7-11H2,1-6H3. The number of Topliss-reactive ketones (excluding diaryl/α,β-unsaturated/α-hetero) is 2. The third kappa shape index (κ3) is 3.11. The summed E-state index contributed by atoms with van der Waals surface area (Å²) in [6.07, 6.45) is 1.20. The van der Waals surface area contributed by atoms with E-state index < -0.39 is 22.2 Å². The first kappa shape index (κ1) is 19.0. The lowest BCUT2D eigenvalue weighted by Gasteiger charge is -2.56. The second kappa shape index (κ2) is 5.59. The van der Waals surface area contributed by atoms with Crippen molar-refractivity contribution < 1.29 is 14.8 Å². The van der Waals surface area contributed by atoms with Gasteiger partial charge < -0.3 is 5.21 Å². The van der Waals surface area contributed by atoms with E-state index in [2.05, 4.69) is 5.29 Å². The number of hydroxylamine groups is 2. The summed E-state index contributed by atoms with van der Waals surface area (Å²) in [5, 5.41) is 16.6. The third-order valence-electron chi connectivity index (χ3n) is 5.43. The zero-order valence-corrected chi connectivity index (χ0v) is 15.5. The van der Waals surface area contributed by atoms with E-state index in [1.54, 1.807) is 0 Å². The van der Waals surface area contributed by atoms with Crippen molar-refractivity contribution >= 4 is 11.6 Å². The Morgan fingerprint density at radius 1 is 0.875 bits per heavy atom. The molecule has 0 amide bonds. The van der Waals surface area contributed by atoms with Crippen molar-refractivity contribution in [3.8, 4) is 0 Å². The summed E-state index contributed by atoms with van der Waals surface area (Å²) in [4.78, 5) is 36.0. The summed E-state index contributed by atoms with van der Waals surface area (Å²) in [7, 11) is 0. The summed E-state index contributed by atoms with van der Waals surface area (Å²) >= 11 is 0. The first-order valence-electron chi connectivity index (χ1n) is 8.42. The van der Waals surface area contributed by atoms with Crippen LogP contribution < -0.4 is 0 Å². The van der Waals surface area contributed by atoms with Gasteiger partial charge in [0.1, 0.15) is 11.6 Å². The van der Waals surface area contributed by atoms with Gasteiger partial charge in [-0.05, 0) is 48.0 Å². The Morgan fingerprint density at radius 2 is 1.33 bits per heavy atom. The topological polar surface area (TPSA) is 90.3 Å². The van der Waals surface area contributed by atoms with Crippen LogP contribution >= 0.6 is 0 Å². The highest BCUT2D eigenvalue weighted by molar-refractivity contribution is 5.83. The molecule has 0 bridgehead atoms. The van der Waals surface area contributed by atoms with Crippen molar-refractivity contribution in [3.05, 3.63) is 4.91 Å². The fraction of sp³-hybridized carbons (Fsp3) is 0.882. The molecule has 2 atom stereocenters. The van der Waals surface area contributed by atoms with Gasteiger partial charge in [0.25, 0.3) is 0 Å². The molecule has 2 heterocycles. The molecule has 7 nitrogen and oxygen atoms in total. The maximum atomic E-state index is 12.3. The number of carbonyl (C=O) groups excluding carboxylic acids is 2. The van der Waals surface area contributed by atoms with Crippen LogP contribution in [0.15, 0.2) is 5.29 Å². The Kier molecular flexibility index (Phi) is 4.43. The minimum atomic E-state index is -0.857. The van der Waals surface area contributed by atoms with E-state index in [1.807, 2.05) is 41.5 Å². The Labute approximate surface area is 143 Å². The number of nitroso groups, excluding NO2 is 1. The molecule has 0 aliphatic carbocycles. The third-order valence-corrected chi connectivity index (χ3v) is 5.43. The molecular weight excluding hydrogens is 310 g/mol. The molecule has 2 aliphatic heterocycles. The zero-order chi connectivity index (χ0) is 18.6. The average Bonchev–Trinajstić information content (AvgIpc) is 2.32. The second-order valence-electron chi connectivity index (χ2n) is 9.29. The molecule has 0 saturated carbocycles. The van der Waals surface area contributed by atoms with Crippen molar-refractivity contribution in [1.29, 1.82) is 0 Å². The molecule has 0 aromatic carbocycles. The van der Waals surface area contributed by atoms with Gasteiger partial charge in [-0.2, -0.15) is 5.06 Å². The van der Waals surface area contributed by atoms with Gasteiger partial charge >= 0.3 is 0 Å². The quantitative estimate of drug-likeness (QED) is 0.795. The number of ketones is 2. The predicted molar refractivity (Wildman–Crippen MR) is 89.3 cm³/mol. The first-order valence-corrected chi connectivity index (χ1v) is 8.42. The van der Waals surface area contributed by atoms with Crippen LogP contribution in [0.25, 0.3) is 0 Å². The SMILES string of the molecule is CC1(C)CC(=O)CC(C)(CC2(C)CC(=O)CC(C)(C)N2N=O)N1O. The van der Waals surface area contributed by atoms with Gasteiger partial charge in [0.2, 0.25) is 0 Å². The average molecular weight is 339 g/mol. The van der Waals surface area contributed by atoms with Gasteiger partial charge in [0.15, 0.2) is 0 Å². The number of rotatable bonds is 3. The number of piperidine rings is 2. The van der Waals surface area contributed by atoms with Crippen LogP contribution in [0.5, 0.6) is 0 Å². The van der Waals surface area contributed by atoms with E-state index in [4.69, 9.17) is 0 Å². The summed E-state index contributed by atoms with van der Waals surface area (Å²) in [5.74, 6) is 0.139. The van der Waals surface area contributed by atoms with Gasteiger partial charge in [-0.25, -0.2) is 5.01 Å². The van der Waals surface area contributed by atoms with Crippen LogP contribution in [0.2, 0.25) is 0 Å². The lowest BCUT2D eigenvalue weighted by Crippen LogP contribution is -2.67. The maximum Gasteiger partial charge on any atom is 0.137 e. The Bertz CT molecular complexity index is 574. The molecule has 0 radical (unpaired) electrons. The van der Waals surface area contributed by atoms with Crippen molar-refractivity contribution in [1.82, 2.24) is 10.1 Å². The Morgan fingerprint density at radius 3 is 1.83 bits per heavy atom. The Hall–Kier alpha value is -1.34.